The third kappa shape index (κ3) is 4.86. The van der Waals surface area contributed by atoms with Crippen LogP contribution in [0.1, 0.15) is 24.0 Å². The number of likely N-dealkylation sites (N-methyl/N-ethyl adjacent to an activating group) is 1. The summed E-state index contributed by atoms with van der Waals surface area (Å²) < 4.78 is 0. The summed E-state index contributed by atoms with van der Waals surface area (Å²) >= 11 is 0. The number of rotatable bonds is 7. The minimum absolute atomic E-state index is 0.0382. The molecule has 114 valence electrons. The Morgan fingerprint density at radius 2 is 1.81 bits per heavy atom. The van der Waals surface area contributed by atoms with Crippen LogP contribution in [-0.4, -0.2) is 53.0 Å². The Balaban J connectivity index is 1.88. The van der Waals surface area contributed by atoms with Crippen LogP contribution in [0.2, 0.25) is 0 Å². The largest absolute Gasteiger partial charge is 0.480 e. The van der Waals surface area contributed by atoms with Gasteiger partial charge in [-0.2, -0.15) is 0 Å². The number of carboxylic acids is 1. The predicted octanol–water partition coefficient (Wildman–Crippen LogP) is 1.50. The Hall–Kier alpha value is -1.88. The lowest BCUT2D eigenvalue weighted by Crippen LogP contribution is -2.41. The van der Waals surface area contributed by atoms with E-state index in [4.69, 9.17) is 5.11 Å². The molecule has 1 N–H and O–H groups in total. The fraction of sp³-hybridized carbons (Fsp3) is 0.500. The average molecular weight is 290 g/mol. The van der Waals surface area contributed by atoms with E-state index in [1.54, 1.807) is 16.8 Å². The zero-order chi connectivity index (χ0) is 15.4. The normalized spacial score (nSPS) is 14.2. The maximum Gasteiger partial charge on any atom is 0.317 e. The second-order valence-electron chi connectivity index (χ2n) is 5.77. The number of carbonyl (C=O) groups is 2. The van der Waals surface area contributed by atoms with Crippen molar-refractivity contribution in [1.29, 1.82) is 0 Å². The highest BCUT2D eigenvalue weighted by Crippen LogP contribution is 2.26. The number of nitrogens with zero attached hydrogens (tertiary/aromatic N) is 2. The number of aryl methyl sites for hydroxylation is 1. The fourth-order valence-corrected chi connectivity index (χ4v) is 2.28. The van der Waals surface area contributed by atoms with Gasteiger partial charge in [-0.25, -0.2) is 0 Å². The van der Waals surface area contributed by atoms with Crippen LogP contribution in [0, 0.1) is 6.92 Å². The van der Waals surface area contributed by atoms with E-state index >= 15 is 0 Å². The van der Waals surface area contributed by atoms with Crippen LogP contribution < -0.4 is 0 Å². The highest BCUT2D eigenvalue weighted by atomic mass is 16.4. The van der Waals surface area contributed by atoms with Gasteiger partial charge < -0.3 is 10.0 Å². The molecule has 1 aliphatic carbocycles. The SMILES string of the molecule is Cc1ccc(CN(C)C(=O)CN(CC(=O)O)C2CC2)cc1. The molecular formula is C16H22N2O3. The third-order valence-corrected chi connectivity index (χ3v) is 3.71. The van der Waals surface area contributed by atoms with Gasteiger partial charge >= 0.3 is 5.97 Å². The summed E-state index contributed by atoms with van der Waals surface area (Å²) in [5.74, 6) is -0.917. The van der Waals surface area contributed by atoms with E-state index in [0.717, 1.165) is 18.4 Å². The average Bonchev–Trinajstić information content (AvgIpc) is 3.24. The predicted molar refractivity (Wildman–Crippen MR) is 79.9 cm³/mol. The second kappa shape index (κ2) is 6.72. The van der Waals surface area contributed by atoms with Gasteiger partial charge in [0.1, 0.15) is 0 Å². The number of hydrogen-bond acceptors (Lipinski definition) is 3. The first kappa shape index (κ1) is 15.5. The van der Waals surface area contributed by atoms with Gasteiger partial charge in [0, 0.05) is 19.6 Å². The van der Waals surface area contributed by atoms with Gasteiger partial charge in [-0.1, -0.05) is 29.8 Å². The van der Waals surface area contributed by atoms with E-state index in [-0.39, 0.29) is 25.0 Å². The molecule has 21 heavy (non-hydrogen) atoms. The van der Waals surface area contributed by atoms with E-state index in [0.29, 0.717) is 6.54 Å². The lowest BCUT2D eigenvalue weighted by molar-refractivity contribution is -0.139. The molecule has 1 aliphatic rings. The summed E-state index contributed by atoms with van der Waals surface area (Å²) in [5, 5.41) is 8.91. The molecule has 1 aromatic carbocycles. The molecule has 2 rings (SSSR count). The minimum Gasteiger partial charge on any atom is -0.480 e. The first-order valence-electron chi connectivity index (χ1n) is 7.21. The second-order valence-corrected chi connectivity index (χ2v) is 5.77. The standard InChI is InChI=1S/C16H22N2O3/c1-12-3-5-13(6-4-12)9-17(2)15(19)10-18(11-16(20)21)14-7-8-14/h3-6,14H,7-11H2,1-2H3,(H,20,21). The quantitative estimate of drug-likeness (QED) is 0.827. The number of carboxylic acid groups (broad SMARTS) is 1. The number of benzene rings is 1. The van der Waals surface area contributed by atoms with Crippen molar-refractivity contribution in [2.45, 2.75) is 32.4 Å². The molecule has 0 atom stereocenters. The molecule has 0 aromatic heterocycles. The van der Waals surface area contributed by atoms with Gasteiger partial charge in [0.2, 0.25) is 5.91 Å². The van der Waals surface area contributed by atoms with Crippen molar-refractivity contribution in [2.24, 2.45) is 0 Å². The highest BCUT2D eigenvalue weighted by molar-refractivity contribution is 5.79. The Morgan fingerprint density at radius 3 is 2.33 bits per heavy atom. The maximum atomic E-state index is 12.2. The number of carbonyl (C=O) groups excluding carboxylic acids is 1. The molecule has 1 saturated carbocycles. The molecule has 0 unspecified atom stereocenters. The fourth-order valence-electron chi connectivity index (χ4n) is 2.28. The summed E-state index contributed by atoms with van der Waals surface area (Å²) in [7, 11) is 1.76. The molecule has 1 fully saturated rings. The summed E-state index contributed by atoms with van der Waals surface area (Å²) in [6, 6.07) is 8.32. The maximum absolute atomic E-state index is 12.2. The van der Waals surface area contributed by atoms with Gasteiger partial charge in [-0.15, -0.1) is 0 Å². The summed E-state index contributed by atoms with van der Waals surface area (Å²) in [5.41, 5.74) is 2.27. The molecular weight excluding hydrogens is 268 g/mol. The molecule has 1 amide bonds. The smallest absolute Gasteiger partial charge is 0.317 e. The summed E-state index contributed by atoms with van der Waals surface area (Å²) in [4.78, 5) is 26.5. The van der Waals surface area contributed by atoms with Crippen molar-refractivity contribution in [3.63, 3.8) is 0 Å². The molecule has 0 radical (unpaired) electrons. The van der Waals surface area contributed by atoms with Crippen molar-refractivity contribution < 1.29 is 14.7 Å². The number of hydrogen-bond donors (Lipinski definition) is 1. The van der Waals surface area contributed by atoms with E-state index in [1.165, 1.54) is 5.56 Å². The van der Waals surface area contributed by atoms with Crippen LogP contribution in [0.3, 0.4) is 0 Å². The van der Waals surface area contributed by atoms with E-state index in [9.17, 15) is 9.59 Å². The molecule has 0 spiro atoms. The summed E-state index contributed by atoms with van der Waals surface area (Å²) in [6.45, 7) is 2.69. The van der Waals surface area contributed by atoms with Crippen molar-refractivity contribution in [3.8, 4) is 0 Å². The van der Waals surface area contributed by atoms with Crippen LogP contribution in [0.15, 0.2) is 24.3 Å². The van der Waals surface area contributed by atoms with Gasteiger partial charge in [0.25, 0.3) is 0 Å². The zero-order valence-corrected chi connectivity index (χ0v) is 12.6. The first-order valence-corrected chi connectivity index (χ1v) is 7.21. The van der Waals surface area contributed by atoms with Gasteiger partial charge in [-0.3, -0.25) is 14.5 Å². The van der Waals surface area contributed by atoms with Gasteiger partial charge in [-0.05, 0) is 25.3 Å². The van der Waals surface area contributed by atoms with Crippen LogP contribution >= 0.6 is 0 Å². The van der Waals surface area contributed by atoms with Gasteiger partial charge in [0.05, 0.1) is 13.1 Å². The van der Waals surface area contributed by atoms with Gasteiger partial charge in [0.15, 0.2) is 0 Å². The van der Waals surface area contributed by atoms with Crippen LogP contribution in [0.4, 0.5) is 0 Å². The Morgan fingerprint density at radius 1 is 1.19 bits per heavy atom. The lowest BCUT2D eigenvalue weighted by atomic mass is 10.1. The minimum atomic E-state index is -0.879. The Labute approximate surface area is 125 Å². The first-order chi connectivity index (χ1) is 9.95. The van der Waals surface area contributed by atoms with Crippen LogP contribution in [0.25, 0.3) is 0 Å². The monoisotopic (exact) mass is 290 g/mol. The van der Waals surface area contributed by atoms with E-state index in [1.807, 2.05) is 31.2 Å². The van der Waals surface area contributed by atoms with E-state index < -0.39 is 5.97 Å². The van der Waals surface area contributed by atoms with Crippen molar-refractivity contribution >= 4 is 11.9 Å². The number of aliphatic carboxylic acids is 1. The van der Waals surface area contributed by atoms with Crippen LogP contribution in [0.5, 0.6) is 0 Å². The molecule has 1 aromatic rings. The zero-order valence-electron chi connectivity index (χ0n) is 12.6. The molecule has 0 aliphatic heterocycles. The topological polar surface area (TPSA) is 60.9 Å². The third-order valence-electron chi connectivity index (χ3n) is 3.71. The Bertz CT molecular complexity index is 509. The van der Waals surface area contributed by atoms with E-state index in [2.05, 4.69) is 0 Å². The van der Waals surface area contributed by atoms with Crippen LogP contribution in [-0.2, 0) is 16.1 Å². The molecule has 0 bridgehead atoms. The lowest BCUT2D eigenvalue weighted by Gasteiger charge is -2.23. The van der Waals surface area contributed by atoms with Crippen molar-refractivity contribution in [3.05, 3.63) is 35.4 Å². The summed E-state index contributed by atoms with van der Waals surface area (Å²) in [6.07, 6.45) is 1.98. The molecule has 5 heteroatoms. The molecule has 0 saturated heterocycles. The molecule has 0 heterocycles. The Kier molecular flexibility index (Phi) is 4.96. The highest BCUT2D eigenvalue weighted by Gasteiger charge is 2.32. The van der Waals surface area contributed by atoms with Crippen molar-refractivity contribution in [2.75, 3.05) is 20.1 Å². The van der Waals surface area contributed by atoms with Crippen molar-refractivity contribution in [1.82, 2.24) is 9.80 Å². The molecule has 5 nitrogen and oxygen atoms in total. The number of amides is 1.